The molecule has 0 amide bonds. The van der Waals surface area contributed by atoms with Crippen LogP contribution in [0.25, 0.3) is 10.8 Å². The molecule has 3 rings (SSSR count). The largest absolute Gasteiger partial charge is 0.462 e. The summed E-state index contributed by atoms with van der Waals surface area (Å²) in [6.07, 6.45) is 3.52. The van der Waals surface area contributed by atoms with E-state index < -0.39 is 0 Å². The van der Waals surface area contributed by atoms with Gasteiger partial charge in [-0.3, -0.25) is 0 Å². The highest BCUT2D eigenvalue weighted by atomic mass is 32.1. The van der Waals surface area contributed by atoms with Crippen molar-refractivity contribution in [2.75, 3.05) is 5.73 Å². The molecule has 7 heteroatoms. The summed E-state index contributed by atoms with van der Waals surface area (Å²) in [5.74, 6) is 1.29. The van der Waals surface area contributed by atoms with Gasteiger partial charge in [0.05, 0.1) is 24.2 Å². The van der Waals surface area contributed by atoms with E-state index in [1.807, 2.05) is 22.2 Å². The number of thiazole rings is 1. The highest BCUT2D eigenvalue weighted by Gasteiger charge is 2.12. The van der Waals surface area contributed by atoms with E-state index in [2.05, 4.69) is 22.2 Å². The van der Waals surface area contributed by atoms with Gasteiger partial charge in [0.25, 0.3) is 0 Å². The molecule has 0 saturated heterocycles. The Morgan fingerprint density at radius 1 is 1.45 bits per heavy atom. The number of hydrogen-bond donors (Lipinski definition) is 1. The maximum Gasteiger partial charge on any atom is 0.169 e. The Morgan fingerprint density at radius 2 is 2.35 bits per heavy atom. The second kappa shape index (κ2) is 5.46. The van der Waals surface area contributed by atoms with Gasteiger partial charge in [-0.2, -0.15) is 0 Å². The van der Waals surface area contributed by atoms with Crippen LogP contribution in [0.15, 0.2) is 28.2 Å². The van der Waals surface area contributed by atoms with Crippen LogP contribution < -0.4 is 5.73 Å². The Kier molecular flexibility index (Phi) is 3.51. The Balaban J connectivity index is 1.82. The second-order valence-corrected chi connectivity index (χ2v) is 5.31. The van der Waals surface area contributed by atoms with Gasteiger partial charge < -0.3 is 10.2 Å². The molecule has 0 unspecified atom stereocenters. The van der Waals surface area contributed by atoms with Gasteiger partial charge in [0.2, 0.25) is 0 Å². The van der Waals surface area contributed by atoms with Gasteiger partial charge in [0, 0.05) is 5.38 Å². The first kappa shape index (κ1) is 12.9. The topological polar surface area (TPSA) is 82.8 Å². The average Bonchev–Trinajstić information content (AvgIpc) is 3.15. The van der Waals surface area contributed by atoms with Crippen molar-refractivity contribution in [3.63, 3.8) is 0 Å². The fourth-order valence-corrected chi connectivity index (χ4v) is 2.79. The number of furan rings is 1. The Bertz CT molecular complexity index is 686. The average molecular weight is 289 g/mol. The van der Waals surface area contributed by atoms with Crippen LogP contribution in [0.1, 0.15) is 24.7 Å². The number of hydrogen-bond acceptors (Lipinski definition) is 6. The molecule has 0 fully saturated rings. The zero-order valence-corrected chi connectivity index (χ0v) is 11.9. The molecule has 3 heterocycles. The maximum atomic E-state index is 5.84. The summed E-state index contributed by atoms with van der Waals surface area (Å²) < 4.78 is 7.16. The number of aromatic nitrogens is 4. The molecule has 3 aromatic rings. The lowest BCUT2D eigenvalue weighted by molar-refractivity contribution is 0.580. The van der Waals surface area contributed by atoms with Crippen molar-refractivity contribution in [1.29, 1.82) is 0 Å². The maximum absolute atomic E-state index is 5.84. The molecular weight excluding hydrogens is 274 g/mol. The third-order valence-electron chi connectivity index (χ3n) is 2.95. The number of anilines is 1. The third-order valence-corrected chi connectivity index (χ3v) is 3.86. The van der Waals surface area contributed by atoms with Crippen LogP contribution in [0.3, 0.4) is 0 Å². The molecule has 0 radical (unpaired) electrons. The molecule has 0 aliphatic carbocycles. The summed E-state index contributed by atoms with van der Waals surface area (Å²) >= 11 is 1.55. The molecule has 6 nitrogen and oxygen atoms in total. The number of nitrogens with two attached hydrogens (primary N) is 1. The van der Waals surface area contributed by atoms with Crippen molar-refractivity contribution in [3.8, 4) is 10.8 Å². The van der Waals surface area contributed by atoms with E-state index >= 15 is 0 Å². The van der Waals surface area contributed by atoms with Crippen molar-refractivity contribution in [2.24, 2.45) is 0 Å². The fraction of sp³-hybridized carbons (Fsp3) is 0.308. The predicted molar refractivity (Wildman–Crippen MR) is 77.3 cm³/mol. The lowest BCUT2D eigenvalue weighted by Crippen LogP contribution is -2.07. The Labute approximate surface area is 120 Å². The van der Waals surface area contributed by atoms with Crippen LogP contribution in [-0.4, -0.2) is 20.0 Å². The van der Waals surface area contributed by atoms with Crippen LogP contribution in [0.5, 0.6) is 0 Å². The van der Waals surface area contributed by atoms with Crippen molar-refractivity contribution < 1.29 is 4.42 Å². The van der Waals surface area contributed by atoms with Gasteiger partial charge in [-0.1, -0.05) is 18.6 Å². The first-order valence-electron chi connectivity index (χ1n) is 6.44. The molecule has 0 saturated carbocycles. The number of nitrogens with zero attached hydrogens (tertiary/aromatic N) is 4. The summed E-state index contributed by atoms with van der Waals surface area (Å²) in [7, 11) is 0. The Morgan fingerprint density at radius 3 is 3.10 bits per heavy atom. The minimum absolute atomic E-state index is 0.508. The molecule has 0 aliphatic rings. The molecule has 0 aliphatic heterocycles. The van der Waals surface area contributed by atoms with Gasteiger partial charge in [-0.25, -0.2) is 9.67 Å². The summed E-state index contributed by atoms with van der Waals surface area (Å²) in [4.78, 5) is 4.55. The summed E-state index contributed by atoms with van der Waals surface area (Å²) in [6, 6.07) is 3.76. The summed E-state index contributed by atoms with van der Waals surface area (Å²) in [5, 5.41) is 10.9. The zero-order valence-electron chi connectivity index (χ0n) is 11.1. The van der Waals surface area contributed by atoms with Crippen molar-refractivity contribution in [1.82, 2.24) is 20.0 Å². The first-order valence-corrected chi connectivity index (χ1v) is 7.32. The minimum atomic E-state index is 0.508. The molecule has 0 atom stereocenters. The van der Waals surface area contributed by atoms with E-state index in [1.54, 1.807) is 17.6 Å². The monoisotopic (exact) mass is 289 g/mol. The van der Waals surface area contributed by atoms with Crippen LogP contribution in [0, 0.1) is 0 Å². The van der Waals surface area contributed by atoms with E-state index in [1.165, 1.54) is 0 Å². The molecule has 104 valence electrons. The van der Waals surface area contributed by atoms with Crippen LogP contribution in [-0.2, 0) is 13.0 Å². The molecule has 2 N–H and O–H groups in total. The fourth-order valence-electron chi connectivity index (χ4n) is 2.01. The normalized spacial score (nSPS) is 11.1. The van der Waals surface area contributed by atoms with Crippen LogP contribution in [0.4, 0.5) is 5.82 Å². The van der Waals surface area contributed by atoms with Crippen LogP contribution >= 0.6 is 11.3 Å². The number of rotatable bonds is 5. The van der Waals surface area contributed by atoms with Gasteiger partial charge in [-0.05, 0) is 18.6 Å². The molecular formula is C13H15N5OS. The molecule has 0 spiro atoms. The van der Waals surface area contributed by atoms with Gasteiger partial charge in [0.15, 0.2) is 16.6 Å². The van der Waals surface area contributed by atoms with E-state index in [9.17, 15) is 0 Å². The second-order valence-electron chi connectivity index (χ2n) is 4.45. The van der Waals surface area contributed by atoms with Gasteiger partial charge in [0.1, 0.15) is 0 Å². The lowest BCUT2D eigenvalue weighted by atomic mass is 10.2. The van der Waals surface area contributed by atoms with E-state index in [0.717, 1.165) is 35.0 Å². The number of nitrogen functional groups attached to an aromatic ring is 1. The smallest absolute Gasteiger partial charge is 0.169 e. The SMILES string of the molecule is CCCc1c(N)nnn1Cc1csc(-c2ccco2)n1. The lowest BCUT2D eigenvalue weighted by Gasteiger charge is -2.03. The zero-order chi connectivity index (χ0) is 13.9. The summed E-state index contributed by atoms with van der Waals surface area (Å²) in [5.41, 5.74) is 7.74. The molecule has 0 aromatic carbocycles. The van der Waals surface area contributed by atoms with E-state index in [4.69, 9.17) is 10.2 Å². The Hall–Kier alpha value is -2.15. The molecule has 3 aromatic heterocycles. The van der Waals surface area contributed by atoms with E-state index in [-0.39, 0.29) is 0 Å². The van der Waals surface area contributed by atoms with Crippen molar-refractivity contribution in [3.05, 3.63) is 35.2 Å². The third kappa shape index (κ3) is 2.44. The highest BCUT2D eigenvalue weighted by Crippen LogP contribution is 2.24. The van der Waals surface area contributed by atoms with Gasteiger partial charge in [-0.15, -0.1) is 16.4 Å². The van der Waals surface area contributed by atoms with Gasteiger partial charge >= 0.3 is 0 Å². The predicted octanol–water partition coefficient (Wildman–Crippen LogP) is 2.58. The minimum Gasteiger partial charge on any atom is -0.462 e. The first-order chi connectivity index (χ1) is 9.78. The van der Waals surface area contributed by atoms with E-state index in [0.29, 0.717) is 12.4 Å². The van der Waals surface area contributed by atoms with Crippen molar-refractivity contribution >= 4 is 17.2 Å². The quantitative estimate of drug-likeness (QED) is 0.780. The summed E-state index contributed by atoms with van der Waals surface area (Å²) in [6.45, 7) is 2.69. The van der Waals surface area contributed by atoms with Crippen molar-refractivity contribution in [2.45, 2.75) is 26.3 Å². The van der Waals surface area contributed by atoms with Crippen LogP contribution in [0.2, 0.25) is 0 Å². The highest BCUT2D eigenvalue weighted by molar-refractivity contribution is 7.13. The molecule has 0 bridgehead atoms. The standard InChI is InChI=1S/C13H15N5OS/c1-2-4-10-12(14)16-17-18(10)7-9-8-20-13(15-9)11-5-3-6-19-11/h3,5-6,8H,2,4,7,14H2,1H3. The molecule has 20 heavy (non-hydrogen) atoms.